The lowest BCUT2D eigenvalue weighted by Crippen LogP contribution is -2.63. The van der Waals surface area contributed by atoms with Gasteiger partial charge in [0, 0.05) is 27.7 Å². The molecule has 0 aromatic heterocycles. The van der Waals surface area contributed by atoms with Crippen molar-refractivity contribution in [3.8, 4) is 0 Å². The van der Waals surface area contributed by atoms with Crippen LogP contribution in [-0.4, -0.2) is 84.5 Å². The first kappa shape index (κ1) is 31.0. The quantitative estimate of drug-likeness (QED) is 0.228. The number of hydrogen-bond donors (Lipinski definition) is 0. The fourth-order valence-corrected chi connectivity index (χ4v) is 5.14. The summed E-state index contributed by atoms with van der Waals surface area (Å²) >= 11 is 3.33. The lowest BCUT2D eigenvalue weighted by molar-refractivity contribution is -0.325. The van der Waals surface area contributed by atoms with Crippen LogP contribution in [-0.2, 0) is 63.7 Å². The highest BCUT2D eigenvalue weighted by Gasteiger charge is 2.53. The predicted molar refractivity (Wildman–Crippen MR) is 135 cm³/mol. The van der Waals surface area contributed by atoms with Gasteiger partial charge in [0.25, 0.3) is 0 Å². The molecule has 13 heteroatoms. The highest BCUT2D eigenvalue weighted by Crippen LogP contribution is 2.34. The van der Waals surface area contributed by atoms with E-state index in [4.69, 9.17) is 37.9 Å². The fourth-order valence-electron chi connectivity index (χ4n) is 4.40. The number of rotatable bonds is 9. The van der Waals surface area contributed by atoms with Gasteiger partial charge < -0.3 is 37.9 Å². The Balaban J connectivity index is 1.93. The van der Waals surface area contributed by atoms with Crippen molar-refractivity contribution in [3.63, 3.8) is 0 Å². The molecule has 0 saturated carbocycles. The van der Waals surface area contributed by atoms with Gasteiger partial charge in [0.2, 0.25) is 0 Å². The SMILES string of the molecule is CC(=O)OC1C(OC(C)=O)[C@H](Br)OC(C)[C@@H]1O[C@H]1OC[C@H](OC(C)=O)C(OC(C)=O)C1OCc1ccccc1. The van der Waals surface area contributed by atoms with Gasteiger partial charge in [0.15, 0.2) is 35.7 Å². The van der Waals surface area contributed by atoms with Gasteiger partial charge in [-0.1, -0.05) is 46.3 Å². The number of halogens is 1. The van der Waals surface area contributed by atoms with Crippen molar-refractivity contribution in [3.05, 3.63) is 35.9 Å². The van der Waals surface area contributed by atoms with Crippen LogP contribution in [0.15, 0.2) is 30.3 Å². The minimum atomic E-state index is -1.19. The number of esters is 4. The molecule has 2 saturated heterocycles. The Morgan fingerprint density at radius 3 is 1.95 bits per heavy atom. The van der Waals surface area contributed by atoms with Crippen LogP contribution in [0.5, 0.6) is 0 Å². The Morgan fingerprint density at radius 1 is 0.795 bits per heavy atom. The Hall–Kier alpha value is -2.58. The van der Waals surface area contributed by atoms with E-state index in [2.05, 4.69) is 15.9 Å². The topological polar surface area (TPSA) is 142 Å². The van der Waals surface area contributed by atoms with E-state index in [-0.39, 0.29) is 13.2 Å². The molecule has 9 atom stereocenters. The van der Waals surface area contributed by atoms with E-state index < -0.39 is 77.9 Å². The third kappa shape index (κ3) is 8.70. The Labute approximate surface area is 234 Å². The maximum absolute atomic E-state index is 12.0. The number of carbonyl (C=O) groups excluding carboxylic acids is 4. The molecule has 0 N–H and O–H groups in total. The average molecular weight is 617 g/mol. The molecule has 0 bridgehead atoms. The number of alkyl halides is 1. The summed E-state index contributed by atoms with van der Waals surface area (Å²) in [4.78, 5) is 47.6. The summed E-state index contributed by atoms with van der Waals surface area (Å²) in [7, 11) is 0. The molecular weight excluding hydrogens is 584 g/mol. The van der Waals surface area contributed by atoms with Crippen molar-refractivity contribution < 1.29 is 57.1 Å². The third-order valence-electron chi connectivity index (χ3n) is 5.90. The van der Waals surface area contributed by atoms with Crippen LogP contribution in [0.2, 0.25) is 0 Å². The lowest BCUT2D eigenvalue weighted by Gasteiger charge is -2.46. The van der Waals surface area contributed by atoms with E-state index in [0.29, 0.717) is 0 Å². The molecule has 0 aliphatic carbocycles. The molecular formula is C26H33BrO12. The van der Waals surface area contributed by atoms with Gasteiger partial charge >= 0.3 is 23.9 Å². The van der Waals surface area contributed by atoms with Crippen LogP contribution in [0.4, 0.5) is 0 Å². The van der Waals surface area contributed by atoms with Gasteiger partial charge in [-0.05, 0) is 12.5 Å². The van der Waals surface area contributed by atoms with Crippen LogP contribution < -0.4 is 0 Å². The number of ether oxygens (including phenoxy) is 8. The Morgan fingerprint density at radius 2 is 1.36 bits per heavy atom. The van der Waals surface area contributed by atoms with E-state index in [1.54, 1.807) is 6.92 Å². The van der Waals surface area contributed by atoms with E-state index in [1.165, 1.54) is 27.7 Å². The van der Waals surface area contributed by atoms with Gasteiger partial charge in [0.05, 0.1) is 19.3 Å². The normalized spacial score (nSPS) is 32.5. The van der Waals surface area contributed by atoms with Crippen LogP contribution in [0.3, 0.4) is 0 Å². The Kier molecular flexibility index (Phi) is 11.2. The van der Waals surface area contributed by atoms with E-state index in [1.807, 2.05) is 30.3 Å². The summed E-state index contributed by atoms with van der Waals surface area (Å²) in [6.45, 7) is 6.48. The van der Waals surface area contributed by atoms with E-state index in [0.717, 1.165) is 5.56 Å². The van der Waals surface area contributed by atoms with Gasteiger partial charge in [-0.25, -0.2) is 0 Å². The number of carbonyl (C=O) groups is 4. The minimum Gasteiger partial charge on any atom is -0.456 e. The summed E-state index contributed by atoms with van der Waals surface area (Å²) in [6, 6.07) is 9.22. The average Bonchev–Trinajstić information content (AvgIpc) is 2.84. The largest absolute Gasteiger partial charge is 0.456 e. The molecule has 5 unspecified atom stereocenters. The van der Waals surface area contributed by atoms with E-state index in [9.17, 15) is 19.2 Å². The molecule has 216 valence electrons. The summed E-state index contributed by atoms with van der Waals surface area (Å²) in [6.07, 6.45) is -8.14. The molecule has 2 heterocycles. The van der Waals surface area contributed by atoms with Gasteiger partial charge in [-0.15, -0.1) is 0 Å². The zero-order valence-electron chi connectivity index (χ0n) is 22.3. The smallest absolute Gasteiger partial charge is 0.303 e. The summed E-state index contributed by atoms with van der Waals surface area (Å²) in [5, 5.41) is -0.792. The van der Waals surface area contributed by atoms with Crippen LogP contribution >= 0.6 is 15.9 Å². The highest BCUT2D eigenvalue weighted by molar-refractivity contribution is 9.09. The number of benzene rings is 1. The van der Waals surface area contributed by atoms with Gasteiger partial charge in [0.1, 0.15) is 12.2 Å². The molecule has 0 amide bonds. The van der Waals surface area contributed by atoms with E-state index >= 15 is 0 Å². The van der Waals surface area contributed by atoms with Gasteiger partial charge in [-0.3, -0.25) is 19.2 Å². The van der Waals surface area contributed by atoms with Crippen molar-refractivity contribution in [2.45, 2.75) is 95.3 Å². The maximum atomic E-state index is 12.0. The molecule has 1 aromatic rings. The molecule has 1 aromatic carbocycles. The summed E-state index contributed by atoms with van der Waals surface area (Å²) in [5.74, 6) is -2.47. The van der Waals surface area contributed by atoms with Gasteiger partial charge in [-0.2, -0.15) is 0 Å². The maximum Gasteiger partial charge on any atom is 0.303 e. The minimum absolute atomic E-state index is 0.0862. The Bertz CT molecular complexity index is 1000. The fraction of sp³-hybridized carbons (Fsp3) is 0.615. The lowest BCUT2D eigenvalue weighted by atomic mass is 9.99. The first-order chi connectivity index (χ1) is 18.5. The zero-order valence-corrected chi connectivity index (χ0v) is 23.9. The molecule has 2 fully saturated rings. The predicted octanol–water partition coefficient (Wildman–Crippen LogP) is 2.18. The molecule has 0 spiro atoms. The van der Waals surface area contributed by atoms with Crippen LogP contribution in [0.1, 0.15) is 40.2 Å². The van der Waals surface area contributed by atoms with Crippen molar-refractivity contribution in [2.24, 2.45) is 0 Å². The highest BCUT2D eigenvalue weighted by atomic mass is 79.9. The van der Waals surface area contributed by atoms with Crippen molar-refractivity contribution in [1.82, 2.24) is 0 Å². The second-order valence-corrected chi connectivity index (χ2v) is 10.0. The molecule has 2 aliphatic heterocycles. The molecule has 12 nitrogen and oxygen atoms in total. The monoisotopic (exact) mass is 616 g/mol. The molecule has 0 radical (unpaired) electrons. The first-order valence-corrected chi connectivity index (χ1v) is 13.3. The second-order valence-electron chi connectivity index (χ2n) is 9.13. The molecule has 3 rings (SSSR count). The second kappa shape index (κ2) is 14.2. The summed E-state index contributed by atoms with van der Waals surface area (Å²) in [5.41, 5.74) is 0.816. The van der Waals surface area contributed by atoms with Crippen molar-refractivity contribution >= 4 is 39.8 Å². The standard InChI is InChI=1S/C26H33BrO12/c1-13-20(22(37-16(4)30)23(25(27)34-13)38-17(5)31)39-26-24(32-11-18-9-7-6-8-10-18)21(36-15(3)29)19(12-33-26)35-14(2)28/h6-10,13,19-26H,11-12H2,1-5H3/t13?,19-,20-,21?,22?,23?,24?,25+,26+/m0/s1. The molecule has 39 heavy (non-hydrogen) atoms. The summed E-state index contributed by atoms with van der Waals surface area (Å²) < 4.78 is 46.0. The zero-order chi connectivity index (χ0) is 28.7. The van der Waals surface area contributed by atoms with Crippen molar-refractivity contribution in [1.29, 1.82) is 0 Å². The van der Waals surface area contributed by atoms with Crippen LogP contribution in [0.25, 0.3) is 0 Å². The number of hydrogen-bond acceptors (Lipinski definition) is 12. The third-order valence-corrected chi connectivity index (χ3v) is 6.63. The first-order valence-electron chi connectivity index (χ1n) is 12.4. The molecule has 2 aliphatic rings. The van der Waals surface area contributed by atoms with Crippen molar-refractivity contribution in [2.75, 3.05) is 6.61 Å². The van der Waals surface area contributed by atoms with Crippen LogP contribution in [0, 0.1) is 0 Å².